The lowest BCUT2D eigenvalue weighted by atomic mass is 10.0. The van der Waals surface area contributed by atoms with Gasteiger partial charge in [0, 0.05) is 22.8 Å². The second-order valence-corrected chi connectivity index (χ2v) is 5.93. The van der Waals surface area contributed by atoms with Crippen molar-refractivity contribution in [1.82, 2.24) is 15.2 Å². The first-order valence-corrected chi connectivity index (χ1v) is 7.99. The van der Waals surface area contributed by atoms with Crippen LogP contribution in [-0.2, 0) is 0 Å². The summed E-state index contributed by atoms with van der Waals surface area (Å²) in [4.78, 5) is 4.06. The minimum Gasteiger partial charge on any atom is -0.277 e. The van der Waals surface area contributed by atoms with Gasteiger partial charge in [-0.15, -0.1) is 0 Å². The second-order valence-electron chi connectivity index (χ2n) is 5.49. The minimum absolute atomic E-state index is 0.737. The molecular weight excluding hydrogens is 318 g/mol. The molecule has 2 aromatic heterocycles. The van der Waals surface area contributed by atoms with Crippen LogP contribution < -0.4 is 0 Å². The summed E-state index contributed by atoms with van der Waals surface area (Å²) >= 11 is 5.91. The van der Waals surface area contributed by atoms with Crippen molar-refractivity contribution in [3.8, 4) is 11.1 Å². The van der Waals surface area contributed by atoms with Gasteiger partial charge < -0.3 is 0 Å². The van der Waals surface area contributed by atoms with Gasteiger partial charge in [0.1, 0.15) is 0 Å². The molecule has 2 heterocycles. The van der Waals surface area contributed by atoms with Crippen molar-refractivity contribution in [3.63, 3.8) is 0 Å². The fourth-order valence-electron chi connectivity index (χ4n) is 2.64. The number of hydrogen-bond acceptors (Lipinski definition) is 2. The monoisotopic (exact) mass is 331 g/mol. The van der Waals surface area contributed by atoms with Gasteiger partial charge in [-0.05, 0) is 59.2 Å². The molecule has 0 aliphatic rings. The van der Waals surface area contributed by atoms with Crippen LogP contribution in [0.4, 0.5) is 0 Å². The maximum atomic E-state index is 5.91. The van der Waals surface area contributed by atoms with Gasteiger partial charge in [-0.1, -0.05) is 35.9 Å². The van der Waals surface area contributed by atoms with Crippen LogP contribution in [0.5, 0.6) is 0 Å². The van der Waals surface area contributed by atoms with Crippen molar-refractivity contribution in [2.45, 2.75) is 0 Å². The zero-order chi connectivity index (χ0) is 16.4. The van der Waals surface area contributed by atoms with E-state index in [2.05, 4.69) is 33.4 Å². The molecule has 4 rings (SSSR count). The smallest absolute Gasteiger partial charge is 0.0927 e. The van der Waals surface area contributed by atoms with Crippen LogP contribution in [0.3, 0.4) is 0 Å². The molecule has 0 saturated heterocycles. The van der Waals surface area contributed by atoms with E-state index in [0.717, 1.165) is 38.3 Å². The van der Waals surface area contributed by atoms with Crippen molar-refractivity contribution in [3.05, 3.63) is 83.3 Å². The summed E-state index contributed by atoms with van der Waals surface area (Å²) in [5, 5.41) is 9.35. The molecule has 0 radical (unpaired) electrons. The van der Waals surface area contributed by atoms with Crippen LogP contribution in [-0.4, -0.2) is 15.2 Å². The number of benzene rings is 2. The third kappa shape index (κ3) is 2.94. The highest BCUT2D eigenvalue weighted by Gasteiger charge is 2.05. The van der Waals surface area contributed by atoms with E-state index in [0.29, 0.717) is 0 Å². The average molecular weight is 332 g/mol. The Kier molecular flexibility index (Phi) is 3.85. The number of nitrogens with zero attached hydrogens (tertiary/aromatic N) is 2. The van der Waals surface area contributed by atoms with Gasteiger partial charge in [0.25, 0.3) is 0 Å². The minimum atomic E-state index is 0.737. The quantitative estimate of drug-likeness (QED) is 0.542. The van der Waals surface area contributed by atoms with Crippen LogP contribution in [0.1, 0.15) is 11.3 Å². The van der Waals surface area contributed by atoms with Gasteiger partial charge in [-0.2, -0.15) is 5.10 Å². The van der Waals surface area contributed by atoms with Crippen molar-refractivity contribution < 1.29 is 0 Å². The van der Waals surface area contributed by atoms with Crippen molar-refractivity contribution in [1.29, 1.82) is 0 Å². The zero-order valence-corrected chi connectivity index (χ0v) is 13.5. The predicted octanol–water partition coefficient (Wildman–Crippen LogP) is 5.45. The fourth-order valence-corrected chi connectivity index (χ4v) is 2.77. The normalized spacial score (nSPS) is 11.4. The number of fused-ring (bicyclic) bond motifs is 1. The van der Waals surface area contributed by atoms with Gasteiger partial charge in [0.2, 0.25) is 0 Å². The van der Waals surface area contributed by atoms with Gasteiger partial charge in [-0.3, -0.25) is 10.1 Å². The van der Waals surface area contributed by atoms with Crippen LogP contribution in [0.25, 0.3) is 34.2 Å². The molecule has 4 heteroatoms. The third-order valence-electron chi connectivity index (χ3n) is 3.91. The summed E-state index contributed by atoms with van der Waals surface area (Å²) in [5.41, 5.74) is 5.30. The topological polar surface area (TPSA) is 41.6 Å². The van der Waals surface area contributed by atoms with Crippen LogP contribution in [0, 0.1) is 0 Å². The molecule has 0 atom stereocenters. The fraction of sp³-hybridized carbons (Fsp3) is 0. The first kappa shape index (κ1) is 14.7. The molecule has 2 aromatic carbocycles. The number of pyridine rings is 1. The summed E-state index contributed by atoms with van der Waals surface area (Å²) in [6, 6.07) is 18.0. The van der Waals surface area contributed by atoms with E-state index < -0.39 is 0 Å². The first-order valence-electron chi connectivity index (χ1n) is 7.62. The van der Waals surface area contributed by atoms with Gasteiger partial charge in [0.05, 0.1) is 11.2 Å². The Bertz CT molecular complexity index is 1000. The standard InChI is InChI=1S/C20H14ClN3/c21-17-5-1-14(2-6-17)3-8-19-18-7-4-16(13-20(18)24-23-19)15-9-11-22-12-10-15/h1-13H,(H,23,24)/b8-3+. The molecular formula is C20H14ClN3. The molecule has 4 aromatic rings. The summed E-state index contributed by atoms with van der Waals surface area (Å²) in [5.74, 6) is 0. The van der Waals surface area contributed by atoms with Crippen molar-refractivity contribution in [2.75, 3.05) is 0 Å². The highest BCUT2D eigenvalue weighted by atomic mass is 35.5. The largest absolute Gasteiger partial charge is 0.277 e. The van der Waals surface area contributed by atoms with E-state index in [4.69, 9.17) is 11.6 Å². The Morgan fingerprint density at radius 1 is 0.833 bits per heavy atom. The van der Waals surface area contributed by atoms with E-state index in [1.165, 1.54) is 0 Å². The predicted molar refractivity (Wildman–Crippen MR) is 99.7 cm³/mol. The molecule has 0 amide bonds. The molecule has 0 unspecified atom stereocenters. The molecule has 24 heavy (non-hydrogen) atoms. The van der Waals surface area contributed by atoms with Gasteiger partial charge in [-0.25, -0.2) is 0 Å². The van der Waals surface area contributed by atoms with Crippen LogP contribution >= 0.6 is 11.6 Å². The zero-order valence-electron chi connectivity index (χ0n) is 12.8. The highest BCUT2D eigenvalue weighted by Crippen LogP contribution is 2.25. The number of halogens is 1. The molecule has 0 aliphatic heterocycles. The van der Waals surface area contributed by atoms with Gasteiger partial charge >= 0.3 is 0 Å². The van der Waals surface area contributed by atoms with Crippen molar-refractivity contribution in [2.24, 2.45) is 0 Å². The summed E-state index contributed by atoms with van der Waals surface area (Å²) in [6.07, 6.45) is 7.64. The van der Waals surface area contributed by atoms with Crippen LogP contribution in [0.15, 0.2) is 67.0 Å². The molecule has 1 N–H and O–H groups in total. The molecule has 0 saturated carbocycles. The Labute approximate surface area is 144 Å². The van der Waals surface area contributed by atoms with E-state index in [9.17, 15) is 0 Å². The maximum Gasteiger partial charge on any atom is 0.0927 e. The van der Waals surface area contributed by atoms with E-state index >= 15 is 0 Å². The first-order chi connectivity index (χ1) is 11.8. The average Bonchev–Trinajstić information content (AvgIpc) is 3.04. The van der Waals surface area contributed by atoms with Crippen molar-refractivity contribution >= 4 is 34.7 Å². The van der Waals surface area contributed by atoms with E-state index in [1.54, 1.807) is 12.4 Å². The Morgan fingerprint density at radius 3 is 2.42 bits per heavy atom. The lowest BCUT2D eigenvalue weighted by molar-refractivity contribution is 1.11. The molecule has 0 bridgehead atoms. The number of nitrogens with one attached hydrogen (secondary N) is 1. The number of aromatic amines is 1. The highest BCUT2D eigenvalue weighted by molar-refractivity contribution is 6.30. The van der Waals surface area contributed by atoms with E-state index in [-0.39, 0.29) is 0 Å². The number of rotatable bonds is 3. The molecule has 3 nitrogen and oxygen atoms in total. The Balaban J connectivity index is 1.67. The number of H-pyrrole nitrogens is 1. The maximum absolute atomic E-state index is 5.91. The molecule has 116 valence electrons. The summed E-state index contributed by atoms with van der Waals surface area (Å²) in [7, 11) is 0. The van der Waals surface area contributed by atoms with E-state index in [1.807, 2.05) is 48.6 Å². The Morgan fingerprint density at radius 2 is 1.62 bits per heavy atom. The molecule has 0 aliphatic carbocycles. The number of hydrogen-bond donors (Lipinski definition) is 1. The molecule has 0 spiro atoms. The lowest BCUT2D eigenvalue weighted by Crippen LogP contribution is -1.79. The lowest BCUT2D eigenvalue weighted by Gasteiger charge is -2.01. The summed E-state index contributed by atoms with van der Waals surface area (Å²) < 4.78 is 0. The van der Waals surface area contributed by atoms with Crippen LogP contribution in [0.2, 0.25) is 5.02 Å². The summed E-state index contributed by atoms with van der Waals surface area (Å²) in [6.45, 7) is 0. The second kappa shape index (κ2) is 6.30. The van der Waals surface area contributed by atoms with Gasteiger partial charge in [0.15, 0.2) is 0 Å². The Hall–Kier alpha value is -2.91. The third-order valence-corrected chi connectivity index (χ3v) is 4.16. The number of aromatic nitrogens is 3. The SMILES string of the molecule is Clc1ccc(/C=C/c2n[nH]c3cc(-c4ccncc4)ccc23)cc1. The molecule has 0 fully saturated rings.